The van der Waals surface area contributed by atoms with Gasteiger partial charge in [-0.25, -0.2) is 4.79 Å². The lowest BCUT2D eigenvalue weighted by Gasteiger charge is -1.95. The van der Waals surface area contributed by atoms with E-state index >= 15 is 0 Å². The van der Waals surface area contributed by atoms with Crippen LogP contribution in [0.3, 0.4) is 0 Å². The van der Waals surface area contributed by atoms with E-state index in [1.165, 1.54) is 6.08 Å². The molecule has 0 radical (unpaired) electrons. The first-order valence-electron chi connectivity index (χ1n) is 5.11. The van der Waals surface area contributed by atoms with Crippen LogP contribution in [0.4, 0.5) is 0 Å². The van der Waals surface area contributed by atoms with E-state index < -0.39 is 0 Å². The van der Waals surface area contributed by atoms with E-state index in [0.29, 0.717) is 6.61 Å². The Bertz CT molecular complexity index is 523. The maximum absolute atomic E-state index is 11.1. The van der Waals surface area contributed by atoms with Crippen LogP contribution < -0.4 is 0 Å². The number of hydrogen-bond donors (Lipinski definition) is 0. The average Bonchev–Trinajstić information content (AvgIpc) is 2.74. The molecule has 82 valence electrons. The van der Waals surface area contributed by atoms with Gasteiger partial charge in [-0.1, -0.05) is 6.07 Å². The van der Waals surface area contributed by atoms with E-state index in [0.717, 1.165) is 16.5 Å². The van der Waals surface area contributed by atoms with Crippen molar-refractivity contribution < 1.29 is 13.9 Å². The number of esters is 1. The molecular formula is C13H12O3. The molecule has 0 unspecified atom stereocenters. The minimum atomic E-state index is -0.324. The van der Waals surface area contributed by atoms with Crippen molar-refractivity contribution in [2.24, 2.45) is 0 Å². The second-order valence-electron chi connectivity index (χ2n) is 3.30. The van der Waals surface area contributed by atoms with E-state index in [1.807, 2.05) is 24.3 Å². The summed E-state index contributed by atoms with van der Waals surface area (Å²) in [6.45, 7) is 2.17. The number of furan rings is 1. The topological polar surface area (TPSA) is 39.4 Å². The third-order valence-corrected chi connectivity index (χ3v) is 2.17. The smallest absolute Gasteiger partial charge is 0.330 e. The Morgan fingerprint density at radius 2 is 2.31 bits per heavy atom. The number of hydrogen-bond acceptors (Lipinski definition) is 3. The molecule has 1 aromatic heterocycles. The van der Waals surface area contributed by atoms with Crippen LogP contribution in [0.25, 0.3) is 17.0 Å². The number of rotatable bonds is 3. The standard InChI is InChI=1S/C13H12O3/c1-2-15-13(14)6-4-10-3-5-12-11(9-10)7-8-16-12/h3-9H,2H2,1H3. The molecule has 0 N–H and O–H groups in total. The van der Waals surface area contributed by atoms with Crippen molar-refractivity contribution in [3.8, 4) is 0 Å². The number of ether oxygens (including phenoxy) is 1. The quantitative estimate of drug-likeness (QED) is 0.584. The highest BCUT2D eigenvalue weighted by Crippen LogP contribution is 2.17. The van der Waals surface area contributed by atoms with Gasteiger partial charge in [0.25, 0.3) is 0 Å². The largest absolute Gasteiger partial charge is 0.464 e. The molecule has 16 heavy (non-hydrogen) atoms. The van der Waals surface area contributed by atoms with Crippen molar-refractivity contribution in [3.63, 3.8) is 0 Å². The molecule has 0 fully saturated rings. The van der Waals surface area contributed by atoms with Crippen LogP contribution in [0.15, 0.2) is 41.0 Å². The molecule has 2 aromatic rings. The molecule has 0 aliphatic rings. The number of carbonyl (C=O) groups is 1. The minimum absolute atomic E-state index is 0.324. The molecule has 0 aliphatic carbocycles. The van der Waals surface area contributed by atoms with Crippen LogP contribution in [-0.2, 0) is 9.53 Å². The maximum Gasteiger partial charge on any atom is 0.330 e. The lowest BCUT2D eigenvalue weighted by molar-refractivity contribution is -0.137. The van der Waals surface area contributed by atoms with Gasteiger partial charge in [-0.3, -0.25) is 0 Å². The van der Waals surface area contributed by atoms with Gasteiger partial charge < -0.3 is 9.15 Å². The first-order chi connectivity index (χ1) is 7.79. The zero-order chi connectivity index (χ0) is 11.4. The fraction of sp³-hybridized carbons (Fsp3) is 0.154. The first kappa shape index (κ1) is 10.5. The second-order valence-corrected chi connectivity index (χ2v) is 3.30. The molecule has 1 aromatic carbocycles. The van der Waals surface area contributed by atoms with Crippen molar-refractivity contribution in [2.45, 2.75) is 6.92 Å². The van der Waals surface area contributed by atoms with Crippen molar-refractivity contribution in [1.82, 2.24) is 0 Å². The highest BCUT2D eigenvalue weighted by molar-refractivity contribution is 5.88. The van der Waals surface area contributed by atoms with Crippen LogP contribution in [0, 0.1) is 0 Å². The Labute approximate surface area is 93.3 Å². The number of fused-ring (bicyclic) bond motifs is 1. The van der Waals surface area contributed by atoms with Crippen molar-refractivity contribution in [1.29, 1.82) is 0 Å². The van der Waals surface area contributed by atoms with Gasteiger partial charge in [0, 0.05) is 11.5 Å². The van der Waals surface area contributed by atoms with Crippen molar-refractivity contribution >= 4 is 23.0 Å². The second kappa shape index (κ2) is 4.66. The molecule has 1 heterocycles. The third-order valence-electron chi connectivity index (χ3n) is 2.17. The Balaban J connectivity index is 2.17. The molecular weight excluding hydrogens is 204 g/mol. The summed E-state index contributed by atoms with van der Waals surface area (Å²) in [5.74, 6) is -0.324. The highest BCUT2D eigenvalue weighted by atomic mass is 16.5. The highest BCUT2D eigenvalue weighted by Gasteiger charge is 1.97. The lowest BCUT2D eigenvalue weighted by atomic mass is 10.1. The monoisotopic (exact) mass is 216 g/mol. The molecule has 0 spiro atoms. The van der Waals surface area contributed by atoms with Crippen LogP contribution in [0.2, 0.25) is 0 Å². The predicted octanol–water partition coefficient (Wildman–Crippen LogP) is 3.01. The molecule has 0 bridgehead atoms. The molecule has 0 saturated heterocycles. The Hall–Kier alpha value is -2.03. The molecule has 0 saturated carbocycles. The fourth-order valence-corrected chi connectivity index (χ4v) is 1.44. The summed E-state index contributed by atoms with van der Waals surface area (Å²) in [6, 6.07) is 7.60. The predicted molar refractivity (Wildman–Crippen MR) is 61.9 cm³/mol. The van der Waals surface area contributed by atoms with E-state index in [-0.39, 0.29) is 5.97 Å². The zero-order valence-corrected chi connectivity index (χ0v) is 8.97. The van der Waals surface area contributed by atoms with Crippen molar-refractivity contribution in [2.75, 3.05) is 6.61 Å². The van der Waals surface area contributed by atoms with Gasteiger partial charge in [-0.15, -0.1) is 0 Å². The van der Waals surface area contributed by atoms with Crippen LogP contribution in [0.1, 0.15) is 12.5 Å². The molecule has 2 rings (SSSR count). The number of benzene rings is 1. The van der Waals surface area contributed by atoms with Gasteiger partial charge in [0.15, 0.2) is 0 Å². The van der Waals surface area contributed by atoms with E-state index in [4.69, 9.17) is 9.15 Å². The third kappa shape index (κ3) is 2.31. The van der Waals surface area contributed by atoms with E-state index in [2.05, 4.69) is 0 Å². The Kier molecular flexibility index (Phi) is 3.05. The summed E-state index contributed by atoms with van der Waals surface area (Å²) in [6.07, 6.45) is 4.79. The number of carbonyl (C=O) groups excluding carboxylic acids is 1. The van der Waals surface area contributed by atoms with Gasteiger partial charge in [-0.2, -0.15) is 0 Å². The SMILES string of the molecule is CCOC(=O)C=Cc1ccc2occc2c1. The van der Waals surface area contributed by atoms with Crippen LogP contribution in [0.5, 0.6) is 0 Å². The van der Waals surface area contributed by atoms with Gasteiger partial charge >= 0.3 is 5.97 Å². The normalized spacial score (nSPS) is 11.1. The Morgan fingerprint density at radius 3 is 3.12 bits per heavy atom. The van der Waals surface area contributed by atoms with Gasteiger partial charge in [0.1, 0.15) is 5.58 Å². The van der Waals surface area contributed by atoms with Gasteiger partial charge in [0.05, 0.1) is 12.9 Å². The van der Waals surface area contributed by atoms with Crippen molar-refractivity contribution in [3.05, 3.63) is 42.2 Å². The van der Waals surface area contributed by atoms with E-state index in [9.17, 15) is 4.79 Å². The molecule has 0 amide bonds. The maximum atomic E-state index is 11.1. The summed E-state index contributed by atoms with van der Waals surface area (Å²) in [7, 11) is 0. The minimum Gasteiger partial charge on any atom is -0.464 e. The lowest BCUT2D eigenvalue weighted by Crippen LogP contribution is -1.98. The van der Waals surface area contributed by atoms with Crippen LogP contribution in [-0.4, -0.2) is 12.6 Å². The van der Waals surface area contributed by atoms with Crippen LogP contribution >= 0.6 is 0 Å². The zero-order valence-electron chi connectivity index (χ0n) is 8.97. The summed E-state index contributed by atoms with van der Waals surface area (Å²) >= 11 is 0. The molecule has 3 nitrogen and oxygen atoms in total. The molecule has 3 heteroatoms. The summed E-state index contributed by atoms with van der Waals surface area (Å²) < 4.78 is 10.0. The fourth-order valence-electron chi connectivity index (χ4n) is 1.44. The molecule has 0 atom stereocenters. The van der Waals surface area contributed by atoms with Gasteiger partial charge in [0.2, 0.25) is 0 Å². The summed E-state index contributed by atoms with van der Waals surface area (Å²) in [5, 5.41) is 1.02. The van der Waals surface area contributed by atoms with Gasteiger partial charge in [-0.05, 0) is 36.8 Å². The van der Waals surface area contributed by atoms with E-state index in [1.54, 1.807) is 19.3 Å². The summed E-state index contributed by atoms with van der Waals surface area (Å²) in [5.41, 5.74) is 1.79. The average molecular weight is 216 g/mol. The molecule has 0 aliphatic heterocycles. The first-order valence-corrected chi connectivity index (χ1v) is 5.11. The summed E-state index contributed by atoms with van der Waals surface area (Å²) in [4.78, 5) is 11.1. The Morgan fingerprint density at radius 1 is 1.44 bits per heavy atom.